The molecule has 1 amide bonds. The number of H-pyrrole nitrogens is 1. The number of hydrogen-bond acceptors (Lipinski definition) is 5. The molecule has 3 heterocycles. The van der Waals surface area contributed by atoms with Crippen molar-refractivity contribution in [2.24, 2.45) is 5.92 Å². The molecule has 1 aromatic carbocycles. The molecule has 3 aromatic rings. The molecule has 0 spiro atoms. The Hall–Kier alpha value is -3.26. The predicted molar refractivity (Wildman–Crippen MR) is 131 cm³/mol. The Kier molecular flexibility index (Phi) is 6.97. The Labute approximate surface area is 199 Å². The van der Waals surface area contributed by atoms with Gasteiger partial charge in [0, 0.05) is 42.1 Å². The number of benzene rings is 1. The summed E-state index contributed by atoms with van der Waals surface area (Å²) in [6, 6.07) is 7.74. The van der Waals surface area contributed by atoms with Gasteiger partial charge in [-0.2, -0.15) is 0 Å². The van der Waals surface area contributed by atoms with E-state index in [2.05, 4.69) is 21.8 Å². The number of nitrogens with zero attached hydrogens (tertiary/aromatic N) is 1. The number of methoxy groups -OCH3 is 2. The topological polar surface area (TPSA) is 94.6 Å². The van der Waals surface area contributed by atoms with Gasteiger partial charge in [0.1, 0.15) is 11.5 Å². The molecular formula is C26H33N3O5. The van der Waals surface area contributed by atoms with E-state index in [1.165, 1.54) is 7.11 Å². The molecule has 2 N–H and O–H groups in total. The molecule has 0 aliphatic carbocycles. The van der Waals surface area contributed by atoms with Crippen LogP contribution in [0.2, 0.25) is 0 Å². The maximum atomic E-state index is 13.5. The lowest BCUT2D eigenvalue weighted by Crippen LogP contribution is -2.28. The van der Waals surface area contributed by atoms with Gasteiger partial charge in [-0.05, 0) is 57.7 Å². The van der Waals surface area contributed by atoms with Crippen LogP contribution in [0.3, 0.4) is 0 Å². The van der Waals surface area contributed by atoms with Crippen molar-refractivity contribution in [2.75, 3.05) is 27.4 Å². The van der Waals surface area contributed by atoms with E-state index >= 15 is 0 Å². The molecule has 1 aliphatic rings. The monoisotopic (exact) mass is 467 g/mol. The third kappa shape index (κ3) is 4.42. The number of aryl methyl sites for hydroxylation is 1. The second kappa shape index (κ2) is 9.93. The Bertz CT molecular complexity index is 1250. The molecule has 182 valence electrons. The van der Waals surface area contributed by atoms with Crippen LogP contribution < -0.4 is 20.3 Å². The first-order chi connectivity index (χ1) is 16.3. The molecule has 1 fully saturated rings. The minimum Gasteiger partial charge on any atom is -0.497 e. The maximum absolute atomic E-state index is 13.5. The van der Waals surface area contributed by atoms with Gasteiger partial charge >= 0.3 is 0 Å². The van der Waals surface area contributed by atoms with E-state index in [-0.39, 0.29) is 24.1 Å². The molecule has 0 radical (unpaired) electrons. The summed E-state index contributed by atoms with van der Waals surface area (Å²) in [6.07, 6.45) is 1.98. The van der Waals surface area contributed by atoms with Gasteiger partial charge in [0.2, 0.25) is 0 Å². The number of carbonyl (C=O) groups is 1. The Morgan fingerprint density at radius 1 is 1.21 bits per heavy atom. The van der Waals surface area contributed by atoms with Crippen LogP contribution in [0, 0.1) is 19.8 Å². The van der Waals surface area contributed by atoms with Gasteiger partial charge in [0.15, 0.2) is 0 Å². The number of carbonyl (C=O) groups excluding carboxylic acids is 1. The zero-order valence-corrected chi connectivity index (χ0v) is 20.5. The van der Waals surface area contributed by atoms with E-state index in [9.17, 15) is 9.59 Å². The number of hydrogen-bond donors (Lipinski definition) is 2. The van der Waals surface area contributed by atoms with E-state index in [1.54, 1.807) is 20.1 Å². The molecule has 4 rings (SSSR count). The van der Waals surface area contributed by atoms with Crippen LogP contribution in [0.4, 0.5) is 0 Å². The van der Waals surface area contributed by atoms with Crippen molar-refractivity contribution in [3.05, 3.63) is 57.1 Å². The first-order valence-corrected chi connectivity index (χ1v) is 11.7. The van der Waals surface area contributed by atoms with Crippen LogP contribution in [-0.4, -0.2) is 42.9 Å². The summed E-state index contributed by atoms with van der Waals surface area (Å²) in [5.41, 5.74) is 3.29. The van der Waals surface area contributed by atoms with Gasteiger partial charge in [-0.15, -0.1) is 0 Å². The van der Waals surface area contributed by atoms with Crippen LogP contribution in [0.1, 0.15) is 53.1 Å². The molecule has 0 bridgehead atoms. The van der Waals surface area contributed by atoms with Crippen LogP contribution >= 0.6 is 0 Å². The highest BCUT2D eigenvalue weighted by Crippen LogP contribution is 2.36. The van der Waals surface area contributed by atoms with Crippen molar-refractivity contribution in [2.45, 2.75) is 46.2 Å². The number of pyridine rings is 1. The van der Waals surface area contributed by atoms with Crippen molar-refractivity contribution < 1.29 is 19.0 Å². The zero-order chi connectivity index (χ0) is 24.4. The maximum Gasteiger partial charge on any atom is 0.256 e. The minimum atomic E-state index is -0.269. The molecular weight excluding hydrogens is 434 g/mol. The van der Waals surface area contributed by atoms with Crippen molar-refractivity contribution in [3.8, 4) is 11.5 Å². The smallest absolute Gasteiger partial charge is 0.256 e. The summed E-state index contributed by atoms with van der Waals surface area (Å²) >= 11 is 0. The summed E-state index contributed by atoms with van der Waals surface area (Å²) in [7, 11) is 3.16. The normalized spacial score (nSPS) is 15.3. The van der Waals surface area contributed by atoms with Gasteiger partial charge < -0.3 is 29.1 Å². The number of amides is 1. The minimum absolute atomic E-state index is 0.0649. The third-order valence-electron chi connectivity index (χ3n) is 6.91. The molecule has 1 saturated heterocycles. The van der Waals surface area contributed by atoms with Gasteiger partial charge in [0.05, 0.1) is 37.4 Å². The number of nitrogens with one attached hydrogen (secondary N) is 2. The fourth-order valence-corrected chi connectivity index (χ4v) is 5.06. The van der Waals surface area contributed by atoms with Gasteiger partial charge in [0.25, 0.3) is 11.5 Å². The van der Waals surface area contributed by atoms with Crippen molar-refractivity contribution >= 4 is 16.8 Å². The molecule has 1 atom stereocenters. The largest absolute Gasteiger partial charge is 0.497 e. The Morgan fingerprint density at radius 3 is 2.62 bits per heavy atom. The summed E-state index contributed by atoms with van der Waals surface area (Å²) in [5, 5.41) is 3.80. The zero-order valence-electron chi connectivity index (χ0n) is 20.5. The highest BCUT2D eigenvalue weighted by molar-refractivity contribution is 6.08. The molecule has 2 aromatic heterocycles. The Balaban J connectivity index is 1.72. The Morgan fingerprint density at radius 2 is 1.94 bits per heavy atom. The number of rotatable bonds is 7. The predicted octanol–water partition coefficient (Wildman–Crippen LogP) is 3.88. The van der Waals surface area contributed by atoms with Gasteiger partial charge in [-0.3, -0.25) is 9.59 Å². The molecule has 8 heteroatoms. The summed E-state index contributed by atoms with van der Waals surface area (Å²) in [5.74, 6) is 1.43. The highest BCUT2D eigenvalue weighted by atomic mass is 16.5. The van der Waals surface area contributed by atoms with E-state index < -0.39 is 0 Å². The quantitative estimate of drug-likeness (QED) is 0.550. The number of aromatic amines is 1. The van der Waals surface area contributed by atoms with Crippen molar-refractivity contribution in [1.29, 1.82) is 0 Å². The molecule has 8 nitrogen and oxygen atoms in total. The van der Waals surface area contributed by atoms with Crippen LogP contribution in [-0.2, 0) is 11.3 Å². The SMILES string of the molecule is COc1ccc2c(C(=O)NCc3c(OC)cc(C)[nH]c3=O)c(C)n(C(C)C3CCOCC3)c2c1. The summed E-state index contributed by atoms with van der Waals surface area (Å²) in [6.45, 7) is 7.57. The summed E-state index contributed by atoms with van der Waals surface area (Å²) in [4.78, 5) is 28.7. The second-order valence-electron chi connectivity index (χ2n) is 8.91. The number of fused-ring (bicyclic) bond motifs is 1. The number of ether oxygens (including phenoxy) is 3. The number of aromatic nitrogens is 2. The van der Waals surface area contributed by atoms with E-state index in [1.807, 2.05) is 25.1 Å². The molecule has 1 aliphatic heterocycles. The molecule has 34 heavy (non-hydrogen) atoms. The highest BCUT2D eigenvalue weighted by Gasteiger charge is 2.28. The van der Waals surface area contributed by atoms with Crippen molar-refractivity contribution in [3.63, 3.8) is 0 Å². The lowest BCUT2D eigenvalue weighted by molar-refractivity contribution is 0.0516. The second-order valence-corrected chi connectivity index (χ2v) is 8.91. The van der Waals surface area contributed by atoms with Gasteiger partial charge in [-0.25, -0.2) is 0 Å². The van der Waals surface area contributed by atoms with Gasteiger partial charge in [-0.1, -0.05) is 0 Å². The lowest BCUT2D eigenvalue weighted by atomic mass is 9.92. The molecule has 0 saturated carbocycles. The first-order valence-electron chi connectivity index (χ1n) is 11.7. The lowest BCUT2D eigenvalue weighted by Gasteiger charge is -2.30. The van der Waals surface area contributed by atoms with E-state index in [0.29, 0.717) is 28.5 Å². The van der Waals surface area contributed by atoms with Crippen molar-refractivity contribution in [1.82, 2.24) is 14.9 Å². The third-order valence-corrected chi connectivity index (χ3v) is 6.91. The van der Waals surface area contributed by atoms with E-state index in [0.717, 1.165) is 48.4 Å². The van der Waals surface area contributed by atoms with Crippen LogP contribution in [0.15, 0.2) is 29.1 Å². The fraction of sp³-hybridized carbons (Fsp3) is 0.462. The summed E-state index contributed by atoms with van der Waals surface area (Å²) < 4.78 is 18.7. The molecule has 1 unspecified atom stereocenters. The average Bonchev–Trinajstić information content (AvgIpc) is 3.13. The fourth-order valence-electron chi connectivity index (χ4n) is 5.06. The first kappa shape index (κ1) is 23.9. The average molecular weight is 468 g/mol. The van der Waals surface area contributed by atoms with Crippen LogP contribution in [0.25, 0.3) is 10.9 Å². The van der Waals surface area contributed by atoms with Crippen LogP contribution in [0.5, 0.6) is 11.5 Å². The standard InChI is InChI=1S/C26H33N3O5/c1-15-12-23(33-5)21(25(30)28-15)14-27-26(31)24-17(3)29(16(2)18-8-10-34-11-9-18)22-13-19(32-4)6-7-20(22)24/h6-7,12-13,16,18H,8-11,14H2,1-5H3,(H,27,31)(H,28,30). The van der Waals surface area contributed by atoms with E-state index in [4.69, 9.17) is 14.2 Å².